The summed E-state index contributed by atoms with van der Waals surface area (Å²) in [4.78, 5) is 67.1. The Morgan fingerprint density at radius 2 is 1.94 bits per heavy atom. The first-order valence-corrected chi connectivity index (χ1v) is 11.3. The number of carboxylic acids is 1. The Labute approximate surface area is 202 Å². The average molecular weight is 488 g/mol. The lowest BCUT2D eigenvalue weighted by molar-refractivity contribution is -0.176. The molecule has 2 heterocycles. The molecule has 0 spiro atoms. The van der Waals surface area contributed by atoms with Crippen LogP contribution in [0, 0.1) is 0 Å². The second kappa shape index (κ2) is 11.4. The fourth-order valence-electron chi connectivity index (χ4n) is 4.18. The van der Waals surface area contributed by atoms with E-state index >= 15 is 0 Å². The van der Waals surface area contributed by atoms with Crippen molar-refractivity contribution in [1.29, 1.82) is 0 Å². The normalized spacial score (nSPS) is 21.2. The number of ether oxygens (including phenoxy) is 1. The molecule has 3 atom stereocenters. The smallest absolute Gasteiger partial charge is 0.305 e. The van der Waals surface area contributed by atoms with Gasteiger partial charge in [-0.1, -0.05) is 0 Å². The molecule has 2 aliphatic rings. The molecule has 2 saturated heterocycles. The summed E-state index contributed by atoms with van der Waals surface area (Å²) >= 11 is 0. The number of hydrazine groups is 1. The molecule has 1 aromatic carbocycles. The first-order chi connectivity index (χ1) is 16.7. The highest BCUT2D eigenvalue weighted by molar-refractivity contribution is 6.00. The molecule has 3 N–H and O–H groups in total. The van der Waals surface area contributed by atoms with Gasteiger partial charge in [0.15, 0.2) is 0 Å². The number of aliphatic carboxylic acids is 1. The standard InChI is InChI=1S/C23H29N5O7/c1-24-13-15(12-20(30)31)25-22(33)18-4-3-11-27-19(29)10-9-17(23(34)28(18)27)26-21(32)14-5-7-16(35-2)8-6-14/h5-8,13,15,17-18H,3-4,9-12H2,1-2H3,(H,25,33)(H,26,32)(H,30,31)/b24-13+/t15-,17-,18-/m0/s1. The maximum atomic E-state index is 13.5. The van der Waals surface area contributed by atoms with E-state index < -0.39 is 41.8 Å². The minimum Gasteiger partial charge on any atom is -0.497 e. The lowest BCUT2D eigenvalue weighted by Crippen LogP contribution is -2.64. The zero-order valence-corrected chi connectivity index (χ0v) is 19.6. The van der Waals surface area contributed by atoms with Crippen LogP contribution in [0.25, 0.3) is 0 Å². The number of carbonyl (C=O) groups excluding carboxylic acids is 4. The highest BCUT2D eigenvalue weighted by Crippen LogP contribution is 2.25. The van der Waals surface area contributed by atoms with Crippen LogP contribution in [0.1, 0.15) is 42.5 Å². The summed E-state index contributed by atoms with van der Waals surface area (Å²) < 4.78 is 5.09. The highest BCUT2D eigenvalue weighted by atomic mass is 16.5. The third-order valence-electron chi connectivity index (χ3n) is 5.87. The third kappa shape index (κ3) is 6.14. The van der Waals surface area contributed by atoms with E-state index in [1.165, 1.54) is 25.4 Å². The molecule has 3 rings (SSSR count). The van der Waals surface area contributed by atoms with Crippen LogP contribution in [0.2, 0.25) is 0 Å². The first kappa shape index (κ1) is 25.7. The number of carbonyl (C=O) groups is 5. The second-order valence-electron chi connectivity index (χ2n) is 8.27. The minimum absolute atomic E-state index is 0.0221. The summed E-state index contributed by atoms with van der Waals surface area (Å²) in [6.07, 6.45) is 1.80. The number of fused-ring (bicyclic) bond motifs is 1. The zero-order valence-electron chi connectivity index (χ0n) is 19.6. The number of nitrogens with one attached hydrogen (secondary N) is 2. The number of benzene rings is 1. The van der Waals surface area contributed by atoms with E-state index in [2.05, 4.69) is 15.6 Å². The molecule has 4 amide bonds. The summed E-state index contributed by atoms with van der Waals surface area (Å²) in [7, 11) is 2.96. The van der Waals surface area contributed by atoms with Gasteiger partial charge < -0.3 is 20.5 Å². The van der Waals surface area contributed by atoms with Gasteiger partial charge in [0.1, 0.15) is 17.8 Å². The van der Waals surface area contributed by atoms with Gasteiger partial charge in [0.05, 0.1) is 19.6 Å². The van der Waals surface area contributed by atoms with Gasteiger partial charge in [-0.25, -0.2) is 5.01 Å². The average Bonchev–Trinajstić information content (AvgIpc) is 2.95. The molecular weight excluding hydrogens is 458 g/mol. The van der Waals surface area contributed by atoms with Crippen LogP contribution in [0.5, 0.6) is 5.75 Å². The van der Waals surface area contributed by atoms with Crippen molar-refractivity contribution in [3.05, 3.63) is 29.8 Å². The number of hydrogen-bond acceptors (Lipinski definition) is 7. The fraction of sp³-hybridized carbons (Fsp3) is 0.478. The Bertz CT molecular complexity index is 1010. The van der Waals surface area contributed by atoms with E-state index in [-0.39, 0.29) is 38.1 Å². The van der Waals surface area contributed by atoms with Crippen molar-refractivity contribution in [2.45, 2.75) is 50.2 Å². The van der Waals surface area contributed by atoms with Crippen LogP contribution in [-0.2, 0) is 19.2 Å². The van der Waals surface area contributed by atoms with E-state index in [4.69, 9.17) is 9.84 Å². The van der Waals surface area contributed by atoms with Crippen molar-refractivity contribution in [2.24, 2.45) is 4.99 Å². The molecule has 0 aliphatic carbocycles. The molecule has 2 fully saturated rings. The molecule has 1 aromatic rings. The van der Waals surface area contributed by atoms with Gasteiger partial charge >= 0.3 is 5.97 Å². The van der Waals surface area contributed by atoms with E-state index in [1.54, 1.807) is 24.3 Å². The molecule has 0 saturated carbocycles. The zero-order chi connectivity index (χ0) is 25.5. The summed E-state index contributed by atoms with van der Waals surface area (Å²) in [6.45, 7) is 0.266. The Morgan fingerprint density at radius 1 is 1.23 bits per heavy atom. The van der Waals surface area contributed by atoms with E-state index in [1.807, 2.05) is 0 Å². The molecular formula is C23H29N5O7. The number of nitrogens with zero attached hydrogens (tertiary/aromatic N) is 3. The summed E-state index contributed by atoms with van der Waals surface area (Å²) in [5.74, 6) is -2.53. The third-order valence-corrected chi connectivity index (χ3v) is 5.87. The molecule has 2 aliphatic heterocycles. The fourth-order valence-corrected chi connectivity index (χ4v) is 4.18. The van der Waals surface area contributed by atoms with Crippen molar-refractivity contribution in [2.75, 3.05) is 20.7 Å². The lowest BCUT2D eigenvalue weighted by Gasteiger charge is -2.43. The van der Waals surface area contributed by atoms with Crippen molar-refractivity contribution in [1.82, 2.24) is 20.7 Å². The van der Waals surface area contributed by atoms with Crippen molar-refractivity contribution < 1.29 is 33.8 Å². The van der Waals surface area contributed by atoms with E-state index in [0.29, 0.717) is 17.7 Å². The Kier molecular flexibility index (Phi) is 8.39. The van der Waals surface area contributed by atoms with Gasteiger partial charge in [-0.15, -0.1) is 0 Å². The molecule has 0 aromatic heterocycles. The number of methoxy groups -OCH3 is 1. The topological polar surface area (TPSA) is 158 Å². The van der Waals surface area contributed by atoms with Gasteiger partial charge in [-0.05, 0) is 43.5 Å². The number of aliphatic imine (C=N–C) groups is 1. The van der Waals surface area contributed by atoms with Crippen LogP contribution in [-0.4, -0.2) is 89.8 Å². The largest absolute Gasteiger partial charge is 0.497 e. The predicted molar refractivity (Wildman–Crippen MR) is 124 cm³/mol. The van der Waals surface area contributed by atoms with Crippen molar-refractivity contribution in [3.8, 4) is 5.75 Å². The maximum absolute atomic E-state index is 13.5. The van der Waals surface area contributed by atoms with Gasteiger partial charge in [0.2, 0.25) is 11.8 Å². The van der Waals surface area contributed by atoms with Gasteiger partial charge in [-0.3, -0.25) is 34.0 Å². The predicted octanol–water partition coefficient (Wildman–Crippen LogP) is -0.0179. The molecule has 12 heteroatoms. The Hall–Kier alpha value is -3.96. The van der Waals surface area contributed by atoms with E-state index in [0.717, 1.165) is 5.01 Å². The second-order valence-corrected chi connectivity index (χ2v) is 8.27. The van der Waals surface area contributed by atoms with Crippen molar-refractivity contribution >= 4 is 35.8 Å². The molecule has 12 nitrogen and oxygen atoms in total. The number of amides is 4. The first-order valence-electron chi connectivity index (χ1n) is 11.3. The van der Waals surface area contributed by atoms with Gasteiger partial charge in [-0.2, -0.15) is 0 Å². The molecule has 188 valence electrons. The minimum atomic E-state index is -1.12. The summed E-state index contributed by atoms with van der Waals surface area (Å²) in [6, 6.07) is 3.44. The Morgan fingerprint density at radius 3 is 2.57 bits per heavy atom. The highest BCUT2D eigenvalue weighted by Gasteiger charge is 2.44. The monoisotopic (exact) mass is 487 g/mol. The maximum Gasteiger partial charge on any atom is 0.305 e. The molecule has 0 unspecified atom stereocenters. The SMILES string of the molecule is C/N=C/[C@H](CC(=O)O)NC(=O)[C@@H]1CCCN2C(=O)CC[C@H](NC(=O)c3ccc(OC)cc3)C(=O)N12. The molecule has 35 heavy (non-hydrogen) atoms. The molecule has 0 bridgehead atoms. The summed E-state index contributed by atoms with van der Waals surface area (Å²) in [5.41, 5.74) is 0.314. The number of carboxylic acid groups (broad SMARTS) is 1. The van der Waals surface area contributed by atoms with Crippen LogP contribution in [0.15, 0.2) is 29.3 Å². The van der Waals surface area contributed by atoms with Gasteiger partial charge in [0, 0.05) is 31.8 Å². The van der Waals surface area contributed by atoms with E-state index in [9.17, 15) is 24.0 Å². The Balaban J connectivity index is 1.80. The summed E-state index contributed by atoms with van der Waals surface area (Å²) in [5, 5.41) is 16.8. The van der Waals surface area contributed by atoms with Crippen molar-refractivity contribution in [3.63, 3.8) is 0 Å². The molecule has 0 radical (unpaired) electrons. The van der Waals surface area contributed by atoms with Crippen LogP contribution < -0.4 is 15.4 Å². The quantitative estimate of drug-likeness (QED) is 0.435. The van der Waals surface area contributed by atoms with Gasteiger partial charge in [0.25, 0.3) is 11.8 Å². The van der Waals surface area contributed by atoms with Crippen LogP contribution in [0.4, 0.5) is 0 Å². The van der Waals surface area contributed by atoms with Crippen LogP contribution >= 0.6 is 0 Å². The lowest BCUT2D eigenvalue weighted by atomic mass is 10.0. The number of rotatable bonds is 8. The number of hydrogen-bond donors (Lipinski definition) is 3. The van der Waals surface area contributed by atoms with Crippen LogP contribution in [0.3, 0.4) is 0 Å².